The van der Waals surface area contributed by atoms with Gasteiger partial charge >= 0.3 is 0 Å². The van der Waals surface area contributed by atoms with Crippen LogP contribution in [0, 0.1) is 20.8 Å². The van der Waals surface area contributed by atoms with E-state index in [-0.39, 0.29) is 24.4 Å². The minimum absolute atomic E-state index is 0. The summed E-state index contributed by atoms with van der Waals surface area (Å²) in [5.74, 6) is 0.0436. The van der Waals surface area contributed by atoms with E-state index in [0.29, 0.717) is 6.04 Å². The zero-order chi connectivity index (χ0) is 17.3. The maximum absolute atomic E-state index is 12.8. The van der Waals surface area contributed by atoms with Crippen LogP contribution in [0.4, 0.5) is 0 Å². The van der Waals surface area contributed by atoms with E-state index in [1.54, 1.807) is 0 Å². The first kappa shape index (κ1) is 19.5. The van der Waals surface area contributed by atoms with Gasteiger partial charge in [-0.2, -0.15) is 0 Å². The number of carbonyl (C=O) groups excluding carboxylic acids is 1. The molecule has 2 N–H and O–H groups in total. The molecule has 136 valence electrons. The van der Waals surface area contributed by atoms with E-state index in [2.05, 4.69) is 48.1 Å². The number of aromatic nitrogens is 1. The minimum Gasteiger partial charge on any atom is -0.349 e. The largest absolute Gasteiger partial charge is 0.349 e. The fourth-order valence-corrected chi connectivity index (χ4v) is 3.70. The molecule has 5 heteroatoms. The van der Waals surface area contributed by atoms with Crippen molar-refractivity contribution in [2.24, 2.45) is 0 Å². The number of hydrogen-bond acceptors (Lipinski definition) is 2. The summed E-state index contributed by atoms with van der Waals surface area (Å²) in [6.07, 6.45) is 1.98. The van der Waals surface area contributed by atoms with E-state index >= 15 is 0 Å². The summed E-state index contributed by atoms with van der Waals surface area (Å²) in [6.45, 7) is 9.32. The third-order valence-corrected chi connectivity index (χ3v) is 4.99. The highest BCUT2D eigenvalue weighted by Gasteiger charge is 2.23. The van der Waals surface area contributed by atoms with Crippen molar-refractivity contribution in [3.8, 4) is 5.69 Å². The molecule has 2 unspecified atom stereocenters. The number of amides is 1. The van der Waals surface area contributed by atoms with Gasteiger partial charge in [-0.15, -0.1) is 12.4 Å². The van der Waals surface area contributed by atoms with E-state index in [1.807, 2.05) is 25.1 Å². The Bertz CT molecular complexity index is 753. The molecule has 4 nitrogen and oxygen atoms in total. The lowest BCUT2D eigenvalue weighted by Crippen LogP contribution is -2.46. The number of carbonyl (C=O) groups is 1. The SMILES string of the molecule is Cc1ccccc1-n1c(C)cc(C(=O)NC2CCNC(C)C2)c1C.Cl. The Hall–Kier alpha value is -1.78. The van der Waals surface area contributed by atoms with Crippen LogP contribution >= 0.6 is 12.4 Å². The van der Waals surface area contributed by atoms with Gasteiger partial charge in [0.2, 0.25) is 0 Å². The number of para-hydroxylation sites is 1. The smallest absolute Gasteiger partial charge is 0.253 e. The molecule has 2 heterocycles. The van der Waals surface area contributed by atoms with E-state index in [9.17, 15) is 4.79 Å². The highest BCUT2D eigenvalue weighted by molar-refractivity contribution is 5.96. The predicted octanol–water partition coefficient (Wildman–Crippen LogP) is 3.69. The molecule has 0 spiro atoms. The lowest BCUT2D eigenvalue weighted by molar-refractivity contribution is 0.0925. The van der Waals surface area contributed by atoms with Gasteiger partial charge in [0.15, 0.2) is 0 Å². The average Bonchev–Trinajstić information content (AvgIpc) is 2.83. The van der Waals surface area contributed by atoms with Crippen LogP contribution in [0.2, 0.25) is 0 Å². The van der Waals surface area contributed by atoms with Crippen molar-refractivity contribution >= 4 is 18.3 Å². The summed E-state index contributed by atoms with van der Waals surface area (Å²) in [7, 11) is 0. The van der Waals surface area contributed by atoms with Gasteiger partial charge in [0.05, 0.1) is 5.56 Å². The summed E-state index contributed by atoms with van der Waals surface area (Å²) < 4.78 is 2.18. The van der Waals surface area contributed by atoms with Gasteiger partial charge in [0, 0.05) is 29.2 Å². The second kappa shape index (κ2) is 8.07. The molecule has 1 amide bonds. The van der Waals surface area contributed by atoms with Crippen LogP contribution in [0.1, 0.15) is 47.1 Å². The maximum Gasteiger partial charge on any atom is 0.253 e. The monoisotopic (exact) mass is 361 g/mol. The zero-order valence-corrected chi connectivity index (χ0v) is 16.2. The predicted molar refractivity (Wildman–Crippen MR) is 105 cm³/mol. The summed E-state index contributed by atoms with van der Waals surface area (Å²) in [5.41, 5.74) is 5.22. The number of halogens is 1. The first-order valence-corrected chi connectivity index (χ1v) is 8.76. The molecule has 1 aliphatic heterocycles. The first-order chi connectivity index (χ1) is 11.5. The molecular weight excluding hydrogens is 334 g/mol. The normalized spacial score (nSPS) is 20.0. The van der Waals surface area contributed by atoms with Crippen molar-refractivity contribution < 1.29 is 4.79 Å². The molecule has 1 aromatic carbocycles. The fourth-order valence-electron chi connectivity index (χ4n) is 3.70. The minimum atomic E-state index is 0. The summed E-state index contributed by atoms with van der Waals surface area (Å²) >= 11 is 0. The quantitative estimate of drug-likeness (QED) is 0.875. The number of hydrogen-bond donors (Lipinski definition) is 2. The Morgan fingerprint density at radius 2 is 1.96 bits per heavy atom. The van der Waals surface area contributed by atoms with Crippen molar-refractivity contribution in [1.82, 2.24) is 15.2 Å². The molecule has 25 heavy (non-hydrogen) atoms. The van der Waals surface area contributed by atoms with E-state index < -0.39 is 0 Å². The van der Waals surface area contributed by atoms with Crippen molar-refractivity contribution in [2.45, 2.75) is 52.6 Å². The van der Waals surface area contributed by atoms with Gasteiger partial charge in [0.1, 0.15) is 0 Å². The van der Waals surface area contributed by atoms with Crippen LogP contribution in [0.5, 0.6) is 0 Å². The Labute approximate surface area is 156 Å². The van der Waals surface area contributed by atoms with Crippen molar-refractivity contribution in [1.29, 1.82) is 0 Å². The molecule has 0 radical (unpaired) electrons. The Balaban J connectivity index is 0.00000225. The second-order valence-corrected chi connectivity index (χ2v) is 6.96. The topological polar surface area (TPSA) is 46.1 Å². The van der Waals surface area contributed by atoms with Gasteiger partial charge in [-0.3, -0.25) is 4.79 Å². The van der Waals surface area contributed by atoms with E-state index in [1.165, 1.54) is 5.56 Å². The van der Waals surface area contributed by atoms with Gasteiger partial charge in [0.25, 0.3) is 5.91 Å². The number of benzene rings is 1. The van der Waals surface area contributed by atoms with Crippen LogP contribution in [0.25, 0.3) is 5.69 Å². The van der Waals surface area contributed by atoms with Gasteiger partial charge in [-0.05, 0) is 64.8 Å². The number of aryl methyl sites for hydroxylation is 2. The number of piperidine rings is 1. The summed E-state index contributed by atoms with van der Waals surface area (Å²) in [4.78, 5) is 12.8. The van der Waals surface area contributed by atoms with Crippen molar-refractivity contribution in [3.05, 3.63) is 52.8 Å². The highest BCUT2D eigenvalue weighted by Crippen LogP contribution is 2.23. The van der Waals surface area contributed by atoms with E-state index in [4.69, 9.17) is 0 Å². The van der Waals surface area contributed by atoms with Crippen molar-refractivity contribution in [3.63, 3.8) is 0 Å². The summed E-state index contributed by atoms with van der Waals surface area (Å²) in [6, 6.07) is 11.0. The number of nitrogens with zero attached hydrogens (tertiary/aromatic N) is 1. The first-order valence-electron chi connectivity index (χ1n) is 8.76. The van der Waals surface area contributed by atoms with Crippen LogP contribution < -0.4 is 10.6 Å². The molecule has 2 aromatic rings. The van der Waals surface area contributed by atoms with Crippen LogP contribution in [0.15, 0.2) is 30.3 Å². The molecule has 0 bridgehead atoms. The molecule has 0 aliphatic carbocycles. The Kier molecular flexibility index (Phi) is 6.31. The van der Waals surface area contributed by atoms with Gasteiger partial charge < -0.3 is 15.2 Å². The zero-order valence-electron chi connectivity index (χ0n) is 15.4. The molecule has 3 rings (SSSR count). The maximum atomic E-state index is 12.8. The molecule has 1 aromatic heterocycles. The Morgan fingerprint density at radius 1 is 1.24 bits per heavy atom. The molecule has 1 aliphatic rings. The van der Waals surface area contributed by atoms with Crippen LogP contribution in [0.3, 0.4) is 0 Å². The lowest BCUT2D eigenvalue weighted by atomic mass is 10.0. The Morgan fingerprint density at radius 3 is 2.64 bits per heavy atom. The highest BCUT2D eigenvalue weighted by atomic mass is 35.5. The molecule has 1 saturated heterocycles. The standard InChI is InChI=1S/C20H27N3O.ClH/c1-13-7-5-6-8-19(13)23-15(3)12-18(16(23)4)20(24)22-17-9-10-21-14(2)11-17;/h5-8,12,14,17,21H,9-11H2,1-4H3,(H,22,24);1H. The second-order valence-electron chi connectivity index (χ2n) is 6.96. The van der Waals surface area contributed by atoms with E-state index in [0.717, 1.165) is 42.0 Å². The lowest BCUT2D eigenvalue weighted by Gasteiger charge is -2.28. The van der Waals surface area contributed by atoms with Crippen LogP contribution in [-0.2, 0) is 0 Å². The molecule has 2 atom stereocenters. The third-order valence-electron chi connectivity index (χ3n) is 4.99. The average molecular weight is 362 g/mol. The summed E-state index contributed by atoms with van der Waals surface area (Å²) in [5, 5.41) is 6.64. The third kappa shape index (κ3) is 4.07. The number of rotatable bonds is 3. The fraction of sp³-hybridized carbons (Fsp3) is 0.450. The molecule has 0 saturated carbocycles. The van der Waals surface area contributed by atoms with Crippen LogP contribution in [-0.4, -0.2) is 29.1 Å². The van der Waals surface area contributed by atoms with Crippen molar-refractivity contribution in [2.75, 3.05) is 6.54 Å². The van der Waals surface area contributed by atoms with Gasteiger partial charge in [-0.25, -0.2) is 0 Å². The molecular formula is C20H28ClN3O. The van der Waals surface area contributed by atoms with Gasteiger partial charge in [-0.1, -0.05) is 18.2 Å². The molecule has 1 fully saturated rings. The number of nitrogens with one attached hydrogen (secondary N) is 2.